The van der Waals surface area contributed by atoms with Gasteiger partial charge in [0, 0.05) is 19.8 Å². The van der Waals surface area contributed by atoms with Crippen molar-refractivity contribution >= 4 is 37.9 Å². The molecule has 0 aliphatic carbocycles. The first-order chi connectivity index (χ1) is 14.6. The number of aromatic nitrogens is 3. The van der Waals surface area contributed by atoms with Gasteiger partial charge in [-0.3, -0.25) is 0 Å². The van der Waals surface area contributed by atoms with E-state index in [-0.39, 0.29) is 39.5 Å². The summed E-state index contributed by atoms with van der Waals surface area (Å²) in [4.78, 5) is 38.3. The first-order valence-electron chi connectivity index (χ1n) is 10.1. The first kappa shape index (κ1) is 27.4. The summed E-state index contributed by atoms with van der Waals surface area (Å²) in [6.07, 6.45) is 2.32. The number of rotatable bonds is 18. The van der Waals surface area contributed by atoms with Gasteiger partial charge in [-0.1, -0.05) is 0 Å². The fourth-order valence-electron chi connectivity index (χ4n) is 2.53. The van der Waals surface area contributed by atoms with Gasteiger partial charge in [0.15, 0.2) is 0 Å². The second-order valence-electron chi connectivity index (χ2n) is 6.37. The maximum absolute atomic E-state index is 12.8. The smallest absolute Gasteiger partial charge is 0.336 e. The zero-order valence-electron chi connectivity index (χ0n) is 17.2. The monoisotopic (exact) mass is 483 g/mol. The van der Waals surface area contributed by atoms with Crippen LogP contribution in [0.2, 0.25) is 0 Å². The van der Waals surface area contributed by atoms with E-state index >= 15 is 0 Å². The van der Waals surface area contributed by atoms with Gasteiger partial charge in [-0.25, -0.2) is 28.1 Å². The second kappa shape index (κ2) is 17.0. The molecule has 12 heteroatoms. The van der Waals surface area contributed by atoms with Gasteiger partial charge < -0.3 is 14.2 Å². The molecule has 30 heavy (non-hydrogen) atoms. The van der Waals surface area contributed by atoms with E-state index in [0.29, 0.717) is 37.1 Å². The molecule has 0 fully saturated rings. The fourth-order valence-corrected chi connectivity index (χ4v) is 2.92. The van der Waals surface area contributed by atoms with E-state index in [1.165, 1.54) is 0 Å². The van der Waals surface area contributed by atoms with E-state index in [1.807, 2.05) is 0 Å². The van der Waals surface area contributed by atoms with Gasteiger partial charge in [0.25, 0.3) is 0 Å². The summed E-state index contributed by atoms with van der Waals surface area (Å²) in [6, 6.07) is 0. The number of hydrogen-bond donors (Lipinski definition) is 3. The molecule has 0 N–H and O–H groups in total. The molecule has 0 bridgehead atoms. The molecule has 9 nitrogen and oxygen atoms in total. The van der Waals surface area contributed by atoms with Gasteiger partial charge in [0.2, 0.25) is 0 Å². The molecule has 0 aliphatic heterocycles. The summed E-state index contributed by atoms with van der Waals surface area (Å²) in [5, 5.41) is 0. The highest BCUT2D eigenvalue weighted by Crippen LogP contribution is 1.89. The topological polar surface area (TPSA) is 93.7 Å². The zero-order chi connectivity index (χ0) is 22.2. The van der Waals surface area contributed by atoms with Gasteiger partial charge >= 0.3 is 17.1 Å². The van der Waals surface area contributed by atoms with E-state index < -0.39 is 17.1 Å². The van der Waals surface area contributed by atoms with Crippen molar-refractivity contribution in [1.29, 1.82) is 0 Å². The molecule has 0 saturated carbocycles. The summed E-state index contributed by atoms with van der Waals surface area (Å²) in [7, 11) is 0. The van der Waals surface area contributed by atoms with Crippen molar-refractivity contribution in [2.45, 2.75) is 38.9 Å². The molecule has 1 aromatic heterocycles. The number of nitrogens with zero attached hydrogens (tertiary/aromatic N) is 3. The maximum Gasteiger partial charge on any atom is 0.336 e. The molecule has 0 atom stereocenters. The summed E-state index contributed by atoms with van der Waals surface area (Å²) >= 11 is 12.3. The van der Waals surface area contributed by atoms with Crippen LogP contribution in [0, 0.1) is 0 Å². The van der Waals surface area contributed by atoms with Crippen LogP contribution in [0.15, 0.2) is 14.4 Å². The summed E-state index contributed by atoms with van der Waals surface area (Å²) in [6.45, 7) is 2.23. The normalized spacial score (nSPS) is 11.3. The average Bonchev–Trinajstić information content (AvgIpc) is 2.74. The molecule has 0 aromatic carbocycles. The van der Waals surface area contributed by atoms with Crippen LogP contribution in [0.25, 0.3) is 0 Å². The lowest BCUT2D eigenvalue weighted by Crippen LogP contribution is -2.55. The van der Waals surface area contributed by atoms with Crippen LogP contribution < -0.4 is 17.1 Å². The van der Waals surface area contributed by atoms with Crippen LogP contribution in [0.5, 0.6) is 0 Å². The quantitative estimate of drug-likeness (QED) is 0.204. The number of ether oxygens (including phenoxy) is 3. The molecular formula is C18H33N3O6S3. The van der Waals surface area contributed by atoms with E-state index in [2.05, 4.69) is 37.9 Å². The van der Waals surface area contributed by atoms with Crippen LogP contribution >= 0.6 is 37.9 Å². The Morgan fingerprint density at radius 3 is 1.00 bits per heavy atom. The van der Waals surface area contributed by atoms with Crippen LogP contribution in [-0.4, -0.2) is 70.6 Å². The lowest BCUT2D eigenvalue weighted by Gasteiger charge is -2.14. The van der Waals surface area contributed by atoms with E-state index in [1.54, 1.807) is 0 Å². The third-order valence-corrected chi connectivity index (χ3v) is 5.05. The van der Waals surface area contributed by atoms with Gasteiger partial charge in [-0.05, 0) is 36.5 Å². The minimum Gasteiger partial charge on any atom is -0.380 e. The van der Waals surface area contributed by atoms with Gasteiger partial charge in [-0.2, -0.15) is 37.9 Å². The van der Waals surface area contributed by atoms with Crippen molar-refractivity contribution in [2.24, 2.45) is 0 Å². The second-order valence-corrected chi connectivity index (χ2v) is 7.71. The molecule has 1 aromatic rings. The SMILES string of the molecule is O=c1n(CCOCCCS)c(=O)n(CCOCCCS)c(=O)n1CCOCCCS. The Labute approximate surface area is 192 Å². The predicted octanol–water partition coefficient (Wildman–Crippen LogP) is 0.181. The molecule has 0 aliphatic rings. The van der Waals surface area contributed by atoms with Crippen LogP contribution in [0.1, 0.15) is 19.3 Å². The Morgan fingerprint density at radius 2 is 0.767 bits per heavy atom. The highest BCUT2D eigenvalue weighted by Gasteiger charge is 2.15. The van der Waals surface area contributed by atoms with Crippen molar-refractivity contribution in [3.63, 3.8) is 0 Å². The fraction of sp³-hybridized carbons (Fsp3) is 0.833. The Balaban J connectivity index is 2.98. The Bertz CT molecular complexity index is 635. The molecule has 0 radical (unpaired) electrons. The van der Waals surface area contributed by atoms with Crippen LogP contribution in [0.4, 0.5) is 0 Å². The minimum atomic E-state index is -0.659. The van der Waals surface area contributed by atoms with E-state index in [4.69, 9.17) is 14.2 Å². The number of thiol groups is 3. The van der Waals surface area contributed by atoms with Gasteiger partial charge in [-0.15, -0.1) is 0 Å². The van der Waals surface area contributed by atoms with Gasteiger partial charge in [0.1, 0.15) is 0 Å². The Hall–Kier alpha value is -0.660. The Kier molecular flexibility index (Phi) is 15.5. The third kappa shape index (κ3) is 9.65. The average molecular weight is 484 g/mol. The maximum atomic E-state index is 12.8. The van der Waals surface area contributed by atoms with Crippen molar-refractivity contribution in [3.05, 3.63) is 31.5 Å². The predicted molar refractivity (Wildman–Crippen MR) is 127 cm³/mol. The van der Waals surface area contributed by atoms with Crippen molar-refractivity contribution in [2.75, 3.05) is 56.9 Å². The molecular weight excluding hydrogens is 450 g/mol. The minimum absolute atomic E-state index is 0.0610. The van der Waals surface area contributed by atoms with Crippen LogP contribution in [-0.2, 0) is 33.8 Å². The first-order valence-corrected chi connectivity index (χ1v) is 12.0. The lowest BCUT2D eigenvalue weighted by molar-refractivity contribution is 0.113. The van der Waals surface area contributed by atoms with E-state index in [0.717, 1.165) is 33.0 Å². The third-order valence-electron chi connectivity index (χ3n) is 4.10. The molecule has 0 unspecified atom stereocenters. The summed E-state index contributed by atoms with van der Waals surface area (Å²) < 4.78 is 19.4. The van der Waals surface area contributed by atoms with Gasteiger partial charge in [0.05, 0.1) is 39.5 Å². The largest absolute Gasteiger partial charge is 0.380 e. The van der Waals surface area contributed by atoms with Crippen molar-refractivity contribution in [1.82, 2.24) is 13.7 Å². The molecule has 1 heterocycles. The standard InChI is InChI=1S/C18H33N3O6S3/c22-16-19(4-10-25-7-1-13-28)17(23)21(6-12-27-9-3-15-30)18(24)20(16)5-11-26-8-2-14-29/h28-30H,1-15H2. The Morgan fingerprint density at radius 1 is 0.500 bits per heavy atom. The van der Waals surface area contributed by atoms with Crippen molar-refractivity contribution in [3.8, 4) is 0 Å². The van der Waals surface area contributed by atoms with Crippen molar-refractivity contribution < 1.29 is 14.2 Å². The van der Waals surface area contributed by atoms with Crippen LogP contribution in [0.3, 0.4) is 0 Å². The summed E-state index contributed by atoms with van der Waals surface area (Å²) in [5.41, 5.74) is -1.98. The molecule has 1 rings (SSSR count). The highest BCUT2D eigenvalue weighted by atomic mass is 32.1. The summed E-state index contributed by atoms with van der Waals surface area (Å²) in [5.74, 6) is 2.08. The zero-order valence-corrected chi connectivity index (χ0v) is 19.9. The molecule has 174 valence electrons. The highest BCUT2D eigenvalue weighted by molar-refractivity contribution is 7.80. The lowest BCUT2D eigenvalue weighted by atomic mass is 10.5. The molecule has 0 amide bonds. The molecule has 0 saturated heterocycles. The molecule has 0 spiro atoms. The number of hydrogen-bond acceptors (Lipinski definition) is 9. The van der Waals surface area contributed by atoms with E-state index in [9.17, 15) is 14.4 Å².